The topological polar surface area (TPSA) is 55.1 Å². The summed E-state index contributed by atoms with van der Waals surface area (Å²) in [6.07, 6.45) is -0.640. The fourth-order valence-electron chi connectivity index (χ4n) is 2.70. The molecule has 0 aliphatic heterocycles. The van der Waals surface area contributed by atoms with Crippen molar-refractivity contribution in [3.8, 4) is 11.4 Å². The molecule has 0 fully saturated rings. The summed E-state index contributed by atoms with van der Waals surface area (Å²) >= 11 is 3.06. The third-order valence-electron chi connectivity index (χ3n) is 3.87. The standard InChI is InChI=1S/C18H10BrF4N5/c19-11-5-4-10(7-12(11)20)25-14-9-24-8-13(26-14)16-17(18(21,22)23)27-15-3-1-2-6-28(15)16/h1-9H,(H,25,26). The molecule has 0 amide bonds. The summed E-state index contributed by atoms with van der Waals surface area (Å²) < 4.78 is 55.8. The van der Waals surface area contributed by atoms with Crippen LogP contribution >= 0.6 is 15.9 Å². The number of hydrogen-bond acceptors (Lipinski definition) is 4. The SMILES string of the molecule is Fc1cc(Nc2cncc(-c3c(C(F)(F)F)nc4ccccn34)n2)ccc1Br. The average molecular weight is 452 g/mol. The number of fused-ring (bicyclic) bond motifs is 1. The van der Waals surface area contributed by atoms with Crippen molar-refractivity contribution in [2.75, 3.05) is 5.32 Å². The third-order valence-corrected chi connectivity index (χ3v) is 4.51. The normalized spacial score (nSPS) is 11.8. The zero-order chi connectivity index (χ0) is 19.9. The van der Waals surface area contributed by atoms with Crippen molar-refractivity contribution in [3.05, 3.63) is 71.0 Å². The predicted octanol–water partition coefficient (Wildman–Crippen LogP) is 5.46. The Morgan fingerprint density at radius 1 is 1.04 bits per heavy atom. The molecule has 28 heavy (non-hydrogen) atoms. The molecule has 4 rings (SSSR count). The summed E-state index contributed by atoms with van der Waals surface area (Å²) in [7, 11) is 0. The van der Waals surface area contributed by atoms with Crippen LogP contribution in [0, 0.1) is 5.82 Å². The van der Waals surface area contributed by atoms with E-state index in [-0.39, 0.29) is 22.9 Å². The van der Waals surface area contributed by atoms with Crippen LogP contribution < -0.4 is 5.32 Å². The Morgan fingerprint density at radius 2 is 1.86 bits per heavy atom. The minimum Gasteiger partial charge on any atom is -0.339 e. The second kappa shape index (κ2) is 6.86. The lowest BCUT2D eigenvalue weighted by Gasteiger charge is -2.10. The summed E-state index contributed by atoms with van der Waals surface area (Å²) in [5.41, 5.74) is -0.781. The van der Waals surface area contributed by atoms with E-state index in [1.807, 2.05) is 0 Å². The van der Waals surface area contributed by atoms with Gasteiger partial charge in [0.2, 0.25) is 0 Å². The molecule has 1 aromatic carbocycles. The van der Waals surface area contributed by atoms with Crippen LogP contribution in [-0.2, 0) is 6.18 Å². The van der Waals surface area contributed by atoms with Gasteiger partial charge in [-0.2, -0.15) is 13.2 Å². The number of alkyl halides is 3. The number of nitrogens with zero attached hydrogens (tertiary/aromatic N) is 4. The number of benzene rings is 1. The molecule has 0 spiro atoms. The molecular formula is C18H10BrF4N5. The van der Waals surface area contributed by atoms with Gasteiger partial charge in [-0.25, -0.2) is 14.4 Å². The van der Waals surface area contributed by atoms with Crippen LogP contribution in [0.1, 0.15) is 5.69 Å². The Morgan fingerprint density at radius 3 is 2.61 bits per heavy atom. The quantitative estimate of drug-likeness (QED) is 0.420. The molecule has 0 aliphatic rings. The van der Waals surface area contributed by atoms with Crippen LogP contribution in [0.5, 0.6) is 0 Å². The molecule has 5 nitrogen and oxygen atoms in total. The number of halogens is 5. The van der Waals surface area contributed by atoms with E-state index in [9.17, 15) is 17.6 Å². The molecule has 0 atom stereocenters. The van der Waals surface area contributed by atoms with Crippen molar-refractivity contribution in [1.29, 1.82) is 0 Å². The van der Waals surface area contributed by atoms with Gasteiger partial charge in [-0.15, -0.1) is 0 Å². The first kappa shape index (κ1) is 18.4. The van der Waals surface area contributed by atoms with Crippen LogP contribution in [0.2, 0.25) is 0 Å². The lowest BCUT2D eigenvalue weighted by molar-refractivity contribution is -0.140. The van der Waals surface area contributed by atoms with Crippen LogP contribution in [0.3, 0.4) is 0 Å². The van der Waals surface area contributed by atoms with Gasteiger partial charge >= 0.3 is 6.18 Å². The van der Waals surface area contributed by atoms with Gasteiger partial charge in [0.15, 0.2) is 5.69 Å². The highest BCUT2D eigenvalue weighted by Crippen LogP contribution is 2.36. The Hall–Kier alpha value is -3.01. The van der Waals surface area contributed by atoms with Gasteiger partial charge in [0, 0.05) is 11.9 Å². The van der Waals surface area contributed by atoms with Gasteiger partial charge < -0.3 is 5.32 Å². The van der Waals surface area contributed by atoms with Crippen molar-refractivity contribution < 1.29 is 17.6 Å². The molecular weight excluding hydrogens is 442 g/mol. The highest BCUT2D eigenvalue weighted by molar-refractivity contribution is 9.10. The maximum atomic E-state index is 13.7. The largest absolute Gasteiger partial charge is 0.435 e. The van der Waals surface area contributed by atoms with E-state index in [4.69, 9.17) is 0 Å². The van der Waals surface area contributed by atoms with Gasteiger partial charge in [-0.1, -0.05) is 6.07 Å². The van der Waals surface area contributed by atoms with Crippen LogP contribution in [0.15, 0.2) is 59.5 Å². The first-order chi connectivity index (χ1) is 13.3. The summed E-state index contributed by atoms with van der Waals surface area (Å²) in [6.45, 7) is 0. The second-order valence-electron chi connectivity index (χ2n) is 5.78. The summed E-state index contributed by atoms with van der Waals surface area (Å²) in [5.74, 6) is -0.325. The number of aromatic nitrogens is 4. The van der Waals surface area contributed by atoms with E-state index in [1.165, 1.54) is 41.2 Å². The maximum absolute atomic E-state index is 13.7. The molecule has 10 heteroatoms. The number of imidazole rings is 1. The van der Waals surface area contributed by atoms with E-state index in [2.05, 4.69) is 36.2 Å². The highest BCUT2D eigenvalue weighted by atomic mass is 79.9. The van der Waals surface area contributed by atoms with Crippen molar-refractivity contribution in [2.45, 2.75) is 6.18 Å². The van der Waals surface area contributed by atoms with Gasteiger partial charge in [0.25, 0.3) is 0 Å². The summed E-state index contributed by atoms with van der Waals surface area (Å²) in [5, 5.41) is 2.84. The van der Waals surface area contributed by atoms with Gasteiger partial charge in [0.05, 0.1) is 16.9 Å². The molecule has 3 heterocycles. The maximum Gasteiger partial charge on any atom is 0.435 e. The highest BCUT2D eigenvalue weighted by Gasteiger charge is 2.38. The smallest absolute Gasteiger partial charge is 0.339 e. The molecule has 0 radical (unpaired) electrons. The van der Waals surface area contributed by atoms with Crippen molar-refractivity contribution in [3.63, 3.8) is 0 Å². The molecule has 4 aromatic rings. The Balaban J connectivity index is 1.80. The number of rotatable bonds is 3. The number of nitrogens with one attached hydrogen (secondary N) is 1. The minimum atomic E-state index is -4.67. The van der Waals surface area contributed by atoms with Crippen LogP contribution in [0.4, 0.5) is 29.1 Å². The number of hydrogen-bond donors (Lipinski definition) is 1. The Bertz CT molecular complexity index is 1170. The molecule has 0 saturated heterocycles. The van der Waals surface area contributed by atoms with Gasteiger partial charge in [0.1, 0.15) is 28.7 Å². The molecule has 0 saturated carbocycles. The number of pyridine rings is 1. The van der Waals surface area contributed by atoms with E-state index in [1.54, 1.807) is 18.2 Å². The van der Waals surface area contributed by atoms with Gasteiger partial charge in [-0.3, -0.25) is 9.38 Å². The molecule has 1 N–H and O–H groups in total. The average Bonchev–Trinajstić information content (AvgIpc) is 3.05. The zero-order valence-electron chi connectivity index (χ0n) is 13.9. The van der Waals surface area contributed by atoms with E-state index < -0.39 is 17.7 Å². The third kappa shape index (κ3) is 3.42. The van der Waals surface area contributed by atoms with Crippen molar-refractivity contribution in [1.82, 2.24) is 19.4 Å². The van der Waals surface area contributed by atoms with Crippen molar-refractivity contribution >= 4 is 33.1 Å². The fourth-order valence-corrected chi connectivity index (χ4v) is 2.95. The lowest BCUT2D eigenvalue weighted by atomic mass is 10.2. The molecule has 3 aromatic heterocycles. The minimum absolute atomic E-state index is 0.0198. The van der Waals surface area contributed by atoms with Crippen molar-refractivity contribution in [2.24, 2.45) is 0 Å². The Kier molecular flexibility index (Phi) is 4.50. The van der Waals surface area contributed by atoms with E-state index >= 15 is 0 Å². The van der Waals surface area contributed by atoms with E-state index in [0.29, 0.717) is 10.2 Å². The number of anilines is 2. The molecule has 142 valence electrons. The zero-order valence-corrected chi connectivity index (χ0v) is 15.5. The Labute approximate surface area is 164 Å². The molecule has 0 aliphatic carbocycles. The predicted molar refractivity (Wildman–Crippen MR) is 98.6 cm³/mol. The monoisotopic (exact) mass is 451 g/mol. The first-order valence-corrected chi connectivity index (χ1v) is 8.71. The van der Waals surface area contributed by atoms with Crippen LogP contribution in [0.25, 0.3) is 17.0 Å². The second-order valence-corrected chi connectivity index (χ2v) is 6.63. The summed E-state index contributed by atoms with van der Waals surface area (Å²) in [4.78, 5) is 11.9. The summed E-state index contributed by atoms with van der Waals surface area (Å²) in [6, 6.07) is 8.99. The fraction of sp³-hybridized carbons (Fsp3) is 0.0556. The first-order valence-electron chi connectivity index (χ1n) is 7.92. The molecule has 0 bridgehead atoms. The van der Waals surface area contributed by atoms with Crippen LogP contribution in [-0.4, -0.2) is 19.4 Å². The molecule has 0 unspecified atom stereocenters. The van der Waals surface area contributed by atoms with Gasteiger partial charge in [-0.05, 0) is 46.3 Å². The van der Waals surface area contributed by atoms with E-state index in [0.717, 1.165) is 0 Å². The lowest BCUT2D eigenvalue weighted by Crippen LogP contribution is -2.09.